The number of rotatable bonds is 7. The molecule has 0 aromatic heterocycles. The van der Waals surface area contributed by atoms with E-state index in [4.69, 9.17) is 0 Å². The van der Waals surface area contributed by atoms with Gasteiger partial charge in [-0.05, 0) is 27.7 Å². The van der Waals surface area contributed by atoms with Crippen molar-refractivity contribution in [1.82, 2.24) is 10.2 Å². The lowest BCUT2D eigenvalue weighted by molar-refractivity contribution is -0.130. The third-order valence-corrected chi connectivity index (χ3v) is 2.19. The molecule has 2 N–H and O–H groups in total. The van der Waals surface area contributed by atoms with Crippen molar-refractivity contribution in [3.8, 4) is 0 Å². The molecule has 90 valence electrons. The van der Waals surface area contributed by atoms with Gasteiger partial charge in [0.15, 0.2) is 0 Å². The molecule has 0 aromatic rings. The van der Waals surface area contributed by atoms with Crippen LogP contribution in [0.3, 0.4) is 0 Å². The van der Waals surface area contributed by atoms with Gasteiger partial charge in [-0.1, -0.05) is 0 Å². The third kappa shape index (κ3) is 7.33. The van der Waals surface area contributed by atoms with Gasteiger partial charge in [-0.2, -0.15) is 0 Å². The van der Waals surface area contributed by atoms with E-state index in [-0.39, 0.29) is 5.91 Å². The summed E-state index contributed by atoms with van der Waals surface area (Å²) in [6, 6.07) is 0. The Bertz CT molecular complexity index is 184. The molecule has 15 heavy (non-hydrogen) atoms. The number of hydrogen-bond acceptors (Lipinski definition) is 3. The molecule has 4 nitrogen and oxygen atoms in total. The average Bonchev–Trinajstić information content (AvgIpc) is 2.13. The lowest BCUT2D eigenvalue weighted by Gasteiger charge is -2.20. The van der Waals surface area contributed by atoms with Crippen molar-refractivity contribution in [3.63, 3.8) is 0 Å². The van der Waals surface area contributed by atoms with Gasteiger partial charge >= 0.3 is 0 Å². The zero-order valence-electron chi connectivity index (χ0n) is 10.3. The van der Waals surface area contributed by atoms with E-state index in [2.05, 4.69) is 5.32 Å². The van der Waals surface area contributed by atoms with E-state index in [0.717, 1.165) is 13.1 Å². The van der Waals surface area contributed by atoms with Crippen LogP contribution in [0.25, 0.3) is 0 Å². The molecule has 1 amide bonds. The van der Waals surface area contributed by atoms with E-state index < -0.39 is 5.60 Å². The second-order valence-corrected chi connectivity index (χ2v) is 4.31. The van der Waals surface area contributed by atoms with Gasteiger partial charge < -0.3 is 15.3 Å². The predicted octanol–water partition coefficient (Wildman–Crippen LogP) is 0.605. The van der Waals surface area contributed by atoms with Crippen LogP contribution in [0.1, 0.15) is 34.1 Å². The van der Waals surface area contributed by atoms with Crippen LogP contribution in [0.4, 0.5) is 0 Å². The highest BCUT2D eigenvalue weighted by atomic mass is 16.3. The van der Waals surface area contributed by atoms with Crippen molar-refractivity contribution in [2.45, 2.75) is 39.7 Å². The van der Waals surface area contributed by atoms with Crippen molar-refractivity contribution in [2.24, 2.45) is 0 Å². The lowest BCUT2D eigenvalue weighted by atomic mass is 10.1. The summed E-state index contributed by atoms with van der Waals surface area (Å²) in [7, 11) is 0. The zero-order valence-corrected chi connectivity index (χ0v) is 10.3. The molecule has 0 rings (SSSR count). The standard InChI is InChI=1S/C11H24N2O2/c1-5-13(6-2)10(14)7-8-12-9-11(3,4)15/h12,15H,5-9H2,1-4H3. The maximum absolute atomic E-state index is 11.6. The third-order valence-electron chi connectivity index (χ3n) is 2.19. The first-order chi connectivity index (χ1) is 6.90. The largest absolute Gasteiger partial charge is 0.389 e. The van der Waals surface area contributed by atoms with Crippen LogP contribution in [0.5, 0.6) is 0 Å². The summed E-state index contributed by atoms with van der Waals surface area (Å²) in [6.07, 6.45) is 0.498. The van der Waals surface area contributed by atoms with Crippen LogP contribution in [-0.4, -0.2) is 47.7 Å². The first kappa shape index (κ1) is 14.4. The van der Waals surface area contributed by atoms with Crippen LogP contribution in [0.2, 0.25) is 0 Å². The van der Waals surface area contributed by atoms with Crippen molar-refractivity contribution in [2.75, 3.05) is 26.2 Å². The lowest BCUT2D eigenvalue weighted by Crippen LogP contribution is -2.37. The maximum atomic E-state index is 11.6. The molecule has 0 saturated heterocycles. The quantitative estimate of drug-likeness (QED) is 0.613. The Labute approximate surface area is 92.7 Å². The summed E-state index contributed by atoms with van der Waals surface area (Å²) in [6.45, 7) is 10.1. The van der Waals surface area contributed by atoms with E-state index in [1.807, 2.05) is 18.7 Å². The minimum Gasteiger partial charge on any atom is -0.389 e. The van der Waals surface area contributed by atoms with Crippen LogP contribution in [-0.2, 0) is 4.79 Å². The number of aliphatic hydroxyl groups is 1. The fourth-order valence-electron chi connectivity index (χ4n) is 1.32. The molecule has 0 saturated carbocycles. The molecule has 0 unspecified atom stereocenters. The van der Waals surface area contributed by atoms with Crippen molar-refractivity contribution >= 4 is 5.91 Å². The summed E-state index contributed by atoms with van der Waals surface area (Å²) in [5.41, 5.74) is -0.710. The minimum atomic E-state index is -0.710. The Morgan fingerprint density at radius 1 is 1.33 bits per heavy atom. The van der Waals surface area contributed by atoms with Gasteiger partial charge in [0.1, 0.15) is 0 Å². The van der Waals surface area contributed by atoms with Gasteiger partial charge in [0.25, 0.3) is 0 Å². The smallest absolute Gasteiger partial charge is 0.223 e. The average molecular weight is 216 g/mol. The second-order valence-electron chi connectivity index (χ2n) is 4.31. The molecule has 0 aromatic carbocycles. The molecule has 0 heterocycles. The highest BCUT2D eigenvalue weighted by Crippen LogP contribution is 1.98. The number of nitrogens with zero attached hydrogens (tertiary/aromatic N) is 1. The fraction of sp³-hybridized carbons (Fsp3) is 0.909. The molecule has 4 heteroatoms. The van der Waals surface area contributed by atoms with E-state index in [1.54, 1.807) is 13.8 Å². The minimum absolute atomic E-state index is 0.170. The summed E-state index contributed by atoms with van der Waals surface area (Å²) in [4.78, 5) is 13.4. The Balaban J connectivity index is 3.63. The highest BCUT2D eigenvalue weighted by Gasteiger charge is 2.12. The first-order valence-electron chi connectivity index (χ1n) is 5.61. The second kappa shape index (κ2) is 6.80. The van der Waals surface area contributed by atoms with Gasteiger partial charge in [-0.3, -0.25) is 4.79 Å². The van der Waals surface area contributed by atoms with E-state index in [9.17, 15) is 9.90 Å². The Hall–Kier alpha value is -0.610. The molecule has 0 spiro atoms. The number of hydrogen-bond donors (Lipinski definition) is 2. The predicted molar refractivity (Wildman–Crippen MR) is 61.7 cm³/mol. The van der Waals surface area contributed by atoms with Crippen LogP contribution >= 0.6 is 0 Å². The van der Waals surface area contributed by atoms with Crippen LogP contribution in [0.15, 0.2) is 0 Å². The SMILES string of the molecule is CCN(CC)C(=O)CCNCC(C)(C)O. The molecule has 0 fully saturated rings. The van der Waals surface area contributed by atoms with Crippen molar-refractivity contribution in [3.05, 3.63) is 0 Å². The summed E-state index contributed by atoms with van der Waals surface area (Å²) in [5.74, 6) is 0.170. The Kier molecular flexibility index (Phi) is 6.52. The summed E-state index contributed by atoms with van der Waals surface area (Å²) in [5, 5.41) is 12.5. The van der Waals surface area contributed by atoms with Crippen molar-refractivity contribution in [1.29, 1.82) is 0 Å². The molecule has 0 aliphatic heterocycles. The Morgan fingerprint density at radius 2 is 1.87 bits per heavy atom. The number of amides is 1. The zero-order chi connectivity index (χ0) is 11.9. The van der Waals surface area contributed by atoms with Gasteiger partial charge in [-0.15, -0.1) is 0 Å². The summed E-state index contributed by atoms with van der Waals surface area (Å²) >= 11 is 0. The first-order valence-corrected chi connectivity index (χ1v) is 5.61. The van der Waals surface area contributed by atoms with Gasteiger partial charge in [0, 0.05) is 32.6 Å². The van der Waals surface area contributed by atoms with Crippen LogP contribution in [0, 0.1) is 0 Å². The van der Waals surface area contributed by atoms with E-state index in [1.165, 1.54) is 0 Å². The summed E-state index contributed by atoms with van der Waals surface area (Å²) < 4.78 is 0. The fourth-order valence-corrected chi connectivity index (χ4v) is 1.32. The van der Waals surface area contributed by atoms with E-state index >= 15 is 0 Å². The number of carbonyl (C=O) groups is 1. The van der Waals surface area contributed by atoms with E-state index in [0.29, 0.717) is 19.5 Å². The van der Waals surface area contributed by atoms with Crippen LogP contribution < -0.4 is 5.32 Å². The molecule has 0 bridgehead atoms. The molecule has 0 radical (unpaired) electrons. The van der Waals surface area contributed by atoms with Gasteiger partial charge in [0.05, 0.1) is 5.60 Å². The topological polar surface area (TPSA) is 52.6 Å². The number of carbonyl (C=O) groups excluding carboxylic acids is 1. The molecular weight excluding hydrogens is 192 g/mol. The van der Waals surface area contributed by atoms with Gasteiger partial charge in [0.2, 0.25) is 5.91 Å². The normalized spacial score (nSPS) is 11.5. The van der Waals surface area contributed by atoms with Gasteiger partial charge in [-0.25, -0.2) is 0 Å². The highest BCUT2D eigenvalue weighted by molar-refractivity contribution is 5.76. The molecule has 0 aliphatic carbocycles. The molecular formula is C11H24N2O2. The number of nitrogens with one attached hydrogen (secondary N) is 1. The molecule has 0 aliphatic rings. The van der Waals surface area contributed by atoms with Crippen molar-refractivity contribution < 1.29 is 9.90 Å². The Morgan fingerprint density at radius 3 is 2.27 bits per heavy atom. The maximum Gasteiger partial charge on any atom is 0.223 e. The molecule has 0 atom stereocenters. The monoisotopic (exact) mass is 216 g/mol.